The van der Waals surface area contributed by atoms with Crippen LogP contribution in [0.1, 0.15) is 17.3 Å². The molecule has 0 spiro atoms. The third-order valence-electron chi connectivity index (χ3n) is 2.09. The second-order valence-corrected chi connectivity index (χ2v) is 3.76. The van der Waals surface area contributed by atoms with E-state index in [0.29, 0.717) is 23.4 Å². The van der Waals surface area contributed by atoms with E-state index in [0.717, 1.165) is 11.5 Å². The maximum Gasteiger partial charge on any atom is 0.223 e. The van der Waals surface area contributed by atoms with Crippen molar-refractivity contribution in [3.8, 4) is 0 Å². The van der Waals surface area contributed by atoms with Gasteiger partial charge in [0.25, 0.3) is 0 Å². The predicted molar refractivity (Wildman–Crippen MR) is 60.3 cm³/mol. The fourth-order valence-electron chi connectivity index (χ4n) is 1.17. The summed E-state index contributed by atoms with van der Waals surface area (Å²) < 4.78 is 5.40. The van der Waals surface area contributed by atoms with Gasteiger partial charge in [0.05, 0.1) is 29.7 Å². The lowest BCUT2D eigenvalue weighted by Crippen LogP contribution is -2.03. The molecule has 1 N–H and O–H groups in total. The molecule has 2 aromatic heterocycles. The summed E-state index contributed by atoms with van der Waals surface area (Å²) in [5.41, 5.74) is 0.897. The maximum atomic E-state index is 5.67. The Balaban J connectivity index is 1.99. The van der Waals surface area contributed by atoms with Gasteiger partial charge in [-0.15, -0.1) is 0 Å². The van der Waals surface area contributed by atoms with E-state index in [4.69, 9.17) is 16.0 Å². The SMILES string of the molecule is Cc1nc(CNc2ncc(Cl)cn2)oc1C. The number of anilines is 1. The smallest absolute Gasteiger partial charge is 0.223 e. The molecule has 0 saturated carbocycles. The van der Waals surface area contributed by atoms with Gasteiger partial charge in [-0.3, -0.25) is 0 Å². The minimum Gasteiger partial charge on any atom is -0.444 e. The number of rotatable bonds is 3. The molecule has 0 aliphatic rings. The molecule has 0 fully saturated rings. The highest BCUT2D eigenvalue weighted by molar-refractivity contribution is 6.30. The predicted octanol–water partition coefficient (Wildman–Crippen LogP) is 2.35. The van der Waals surface area contributed by atoms with Crippen LogP contribution < -0.4 is 5.32 Å². The van der Waals surface area contributed by atoms with Crippen LogP contribution in [-0.4, -0.2) is 15.0 Å². The molecule has 0 aliphatic heterocycles. The van der Waals surface area contributed by atoms with E-state index in [-0.39, 0.29) is 0 Å². The van der Waals surface area contributed by atoms with Crippen molar-refractivity contribution in [3.05, 3.63) is 34.8 Å². The number of aryl methyl sites for hydroxylation is 2. The van der Waals surface area contributed by atoms with Crippen LogP contribution in [0, 0.1) is 13.8 Å². The highest BCUT2D eigenvalue weighted by Crippen LogP contribution is 2.10. The molecule has 0 saturated heterocycles. The van der Waals surface area contributed by atoms with Crippen LogP contribution in [-0.2, 0) is 6.54 Å². The molecule has 2 rings (SSSR count). The van der Waals surface area contributed by atoms with Crippen molar-refractivity contribution < 1.29 is 4.42 Å². The Morgan fingerprint density at radius 1 is 1.31 bits per heavy atom. The molecule has 0 aromatic carbocycles. The van der Waals surface area contributed by atoms with E-state index in [1.807, 2.05) is 13.8 Å². The summed E-state index contributed by atoms with van der Waals surface area (Å²) in [6, 6.07) is 0. The minimum absolute atomic E-state index is 0.455. The Hall–Kier alpha value is -1.62. The Morgan fingerprint density at radius 2 is 2.00 bits per heavy atom. The van der Waals surface area contributed by atoms with Crippen molar-refractivity contribution in [2.24, 2.45) is 0 Å². The lowest BCUT2D eigenvalue weighted by Gasteiger charge is -2.00. The van der Waals surface area contributed by atoms with Crippen molar-refractivity contribution in [2.45, 2.75) is 20.4 Å². The summed E-state index contributed by atoms with van der Waals surface area (Å²) in [4.78, 5) is 12.2. The van der Waals surface area contributed by atoms with E-state index in [2.05, 4.69) is 20.3 Å². The normalized spacial score (nSPS) is 10.4. The van der Waals surface area contributed by atoms with E-state index < -0.39 is 0 Å². The van der Waals surface area contributed by atoms with Crippen molar-refractivity contribution in [1.29, 1.82) is 0 Å². The van der Waals surface area contributed by atoms with Gasteiger partial charge in [-0.1, -0.05) is 11.6 Å². The Labute approximate surface area is 97.9 Å². The molecule has 0 aliphatic carbocycles. The summed E-state index contributed by atoms with van der Waals surface area (Å²) in [7, 11) is 0. The van der Waals surface area contributed by atoms with E-state index in [1.165, 1.54) is 12.4 Å². The summed E-state index contributed by atoms with van der Waals surface area (Å²) in [6.07, 6.45) is 3.06. The highest BCUT2D eigenvalue weighted by atomic mass is 35.5. The first-order valence-electron chi connectivity index (χ1n) is 4.79. The molecule has 16 heavy (non-hydrogen) atoms. The zero-order chi connectivity index (χ0) is 11.5. The second-order valence-electron chi connectivity index (χ2n) is 3.33. The van der Waals surface area contributed by atoms with Gasteiger partial charge in [0, 0.05) is 0 Å². The average Bonchev–Trinajstić information content (AvgIpc) is 2.58. The maximum absolute atomic E-state index is 5.67. The Morgan fingerprint density at radius 3 is 2.56 bits per heavy atom. The first-order valence-corrected chi connectivity index (χ1v) is 5.17. The molecule has 0 radical (unpaired) electrons. The zero-order valence-corrected chi connectivity index (χ0v) is 9.75. The van der Waals surface area contributed by atoms with Crippen LogP contribution in [0.2, 0.25) is 5.02 Å². The molecule has 84 valence electrons. The van der Waals surface area contributed by atoms with Gasteiger partial charge in [-0.2, -0.15) is 0 Å². The second kappa shape index (κ2) is 4.49. The van der Waals surface area contributed by atoms with Crippen molar-refractivity contribution in [3.63, 3.8) is 0 Å². The number of hydrogen-bond donors (Lipinski definition) is 1. The number of nitrogens with one attached hydrogen (secondary N) is 1. The number of nitrogens with zero attached hydrogens (tertiary/aromatic N) is 3. The van der Waals surface area contributed by atoms with Gasteiger partial charge in [0.1, 0.15) is 5.76 Å². The van der Waals surface area contributed by atoms with E-state index >= 15 is 0 Å². The fraction of sp³-hybridized carbons (Fsp3) is 0.300. The standard InChI is InChI=1S/C10H11ClN4O/c1-6-7(2)16-9(15-6)5-14-10-12-3-8(11)4-13-10/h3-4H,5H2,1-2H3,(H,12,13,14). The van der Waals surface area contributed by atoms with Gasteiger partial charge in [0.15, 0.2) is 0 Å². The van der Waals surface area contributed by atoms with Crippen LogP contribution in [0.25, 0.3) is 0 Å². The number of oxazole rings is 1. The number of halogens is 1. The lowest BCUT2D eigenvalue weighted by atomic mass is 10.4. The van der Waals surface area contributed by atoms with E-state index in [9.17, 15) is 0 Å². The molecule has 0 bridgehead atoms. The van der Waals surface area contributed by atoms with Crippen molar-refractivity contribution in [2.75, 3.05) is 5.32 Å². The molecule has 0 amide bonds. The van der Waals surface area contributed by atoms with Gasteiger partial charge < -0.3 is 9.73 Å². The first kappa shape index (κ1) is 10.9. The van der Waals surface area contributed by atoms with Crippen LogP contribution in [0.4, 0.5) is 5.95 Å². The van der Waals surface area contributed by atoms with Crippen LogP contribution in [0.5, 0.6) is 0 Å². The van der Waals surface area contributed by atoms with Crippen LogP contribution in [0.3, 0.4) is 0 Å². The van der Waals surface area contributed by atoms with Crippen molar-refractivity contribution >= 4 is 17.5 Å². The van der Waals surface area contributed by atoms with E-state index in [1.54, 1.807) is 0 Å². The molecule has 6 heteroatoms. The third kappa shape index (κ3) is 2.49. The average molecular weight is 239 g/mol. The Bertz CT molecular complexity index is 461. The Kier molecular flexibility index (Phi) is 3.05. The number of hydrogen-bond acceptors (Lipinski definition) is 5. The molecule has 2 heterocycles. The summed E-state index contributed by atoms with van der Waals surface area (Å²) in [6.45, 7) is 4.24. The molecular weight excluding hydrogens is 228 g/mol. The third-order valence-corrected chi connectivity index (χ3v) is 2.29. The molecule has 0 unspecified atom stereocenters. The van der Waals surface area contributed by atoms with Crippen LogP contribution in [0.15, 0.2) is 16.8 Å². The molecule has 2 aromatic rings. The highest BCUT2D eigenvalue weighted by Gasteiger charge is 2.05. The van der Waals surface area contributed by atoms with Gasteiger partial charge in [-0.25, -0.2) is 15.0 Å². The van der Waals surface area contributed by atoms with Gasteiger partial charge in [-0.05, 0) is 13.8 Å². The monoisotopic (exact) mass is 238 g/mol. The lowest BCUT2D eigenvalue weighted by molar-refractivity contribution is 0.478. The minimum atomic E-state index is 0.455. The summed E-state index contributed by atoms with van der Waals surface area (Å²) in [5, 5.41) is 3.50. The zero-order valence-electron chi connectivity index (χ0n) is 8.99. The molecular formula is C10H11ClN4O. The first-order chi connectivity index (χ1) is 7.65. The molecule has 5 nitrogen and oxygen atoms in total. The topological polar surface area (TPSA) is 63.8 Å². The van der Waals surface area contributed by atoms with Gasteiger partial charge in [0.2, 0.25) is 11.8 Å². The molecule has 0 atom stereocenters. The fourth-order valence-corrected chi connectivity index (χ4v) is 1.27. The summed E-state index contributed by atoms with van der Waals surface area (Å²) >= 11 is 5.67. The number of aromatic nitrogens is 3. The summed E-state index contributed by atoms with van der Waals surface area (Å²) in [5.74, 6) is 1.94. The van der Waals surface area contributed by atoms with Gasteiger partial charge >= 0.3 is 0 Å². The quantitative estimate of drug-likeness (QED) is 0.889. The largest absolute Gasteiger partial charge is 0.444 e. The van der Waals surface area contributed by atoms with Crippen molar-refractivity contribution in [1.82, 2.24) is 15.0 Å². The van der Waals surface area contributed by atoms with Crippen LogP contribution >= 0.6 is 11.6 Å².